The molecule has 112 valence electrons. The van der Waals surface area contributed by atoms with Crippen molar-refractivity contribution in [3.8, 4) is 5.75 Å². The minimum atomic E-state index is -0.427. The third kappa shape index (κ3) is 4.27. The molecule has 1 aliphatic heterocycles. The van der Waals surface area contributed by atoms with E-state index in [9.17, 15) is 4.39 Å². The van der Waals surface area contributed by atoms with E-state index in [0.717, 1.165) is 25.3 Å². The van der Waals surface area contributed by atoms with Gasteiger partial charge < -0.3 is 10.1 Å². The van der Waals surface area contributed by atoms with Gasteiger partial charge in [-0.3, -0.25) is 0 Å². The number of nitrogens with one attached hydrogen (secondary N) is 1. The van der Waals surface area contributed by atoms with Gasteiger partial charge >= 0.3 is 0 Å². The Bertz CT molecular complexity index is 438. The summed E-state index contributed by atoms with van der Waals surface area (Å²) >= 11 is 7.85. The van der Waals surface area contributed by atoms with Crippen molar-refractivity contribution in [2.45, 2.75) is 31.6 Å². The Labute approximate surface area is 129 Å². The summed E-state index contributed by atoms with van der Waals surface area (Å²) in [5, 5.41) is 3.99. The summed E-state index contributed by atoms with van der Waals surface area (Å²) in [6.07, 6.45) is 1.16. The van der Waals surface area contributed by atoms with Crippen LogP contribution in [-0.4, -0.2) is 30.2 Å². The van der Waals surface area contributed by atoms with Gasteiger partial charge in [-0.05, 0) is 30.3 Å². The summed E-state index contributed by atoms with van der Waals surface area (Å²) in [5.41, 5.74) is 0. The second-order valence-electron chi connectivity index (χ2n) is 5.34. The van der Waals surface area contributed by atoms with Crippen LogP contribution < -0.4 is 10.1 Å². The summed E-state index contributed by atoms with van der Waals surface area (Å²) in [7, 11) is 0. The molecule has 0 spiro atoms. The number of hydrogen-bond acceptors (Lipinski definition) is 3. The van der Waals surface area contributed by atoms with Gasteiger partial charge in [0, 0.05) is 18.2 Å². The number of ether oxygens (including phenoxy) is 1. The van der Waals surface area contributed by atoms with Gasteiger partial charge in [0.15, 0.2) is 0 Å². The van der Waals surface area contributed by atoms with Crippen LogP contribution in [0.4, 0.5) is 4.39 Å². The quantitative estimate of drug-likeness (QED) is 0.857. The number of thioether (sulfide) groups is 1. The van der Waals surface area contributed by atoms with Gasteiger partial charge in [-0.2, -0.15) is 11.8 Å². The summed E-state index contributed by atoms with van der Waals surface area (Å²) in [6, 6.07) is 4.72. The first-order valence-corrected chi connectivity index (χ1v) is 8.43. The molecule has 2 nitrogen and oxygen atoms in total. The summed E-state index contributed by atoms with van der Waals surface area (Å²) < 4.78 is 19.5. The van der Waals surface area contributed by atoms with E-state index in [0.29, 0.717) is 16.9 Å². The highest BCUT2D eigenvalue weighted by Gasteiger charge is 2.27. The second-order valence-corrected chi connectivity index (χ2v) is 7.33. The van der Waals surface area contributed by atoms with E-state index >= 15 is 0 Å². The Morgan fingerprint density at radius 2 is 2.30 bits per heavy atom. The van der Waals surface area contributed by atoms with Crippen molar-refractivity contribution in [2.24, 2.45) is 5.92 Å². The Hall–Kier alpha value is -0.450. The van der Waals surface area contributed by atoms with E-state index in [1.54, 1.807) is 12.1 Å². The Kier molecular flexibility index (Phi) is 6.00. The number of halogens is 2. The van der Waals surface area contributed by atoms with Gasteiger partial charge in [-0.1, -0.05) is 31.5 Å². The molecule has 1 fully saturated rings. The minimum Gasteiger partial charge on any atom is -0.488 e. The Morgan fingerprint density at radius 3 is 2.95 bits per heavy atom. The van der Waals surface area contributed by atoms with E-state index in [1.165, 1.54) is 6.07 Å². The van der Waals surface area contributed by atoms with Crippen LogP contribution in [-0.2, 0) is 0 Å². The number of hydrogen-bond donors (Lipinski definition) is 1. The molecule has 1 saturated heterocycles. The molecular formula is C15H21ClFNOS. The molecule has 0 bridgehead atoms. The standard InChI is InChI=1S/C15H21ClFNOS/c1-10(2)20-9-14(11-6-7-18-8-11)19-13-5-3-4-12(17)15(13)16/h3-5,10-11,14,18H,6-9H2,1-2H3/t11?,14-/m1/s1. The molecule has 1 aliphatic rings. The molecule has 2 rings (SSSR count). The van der Waals surface area contributed by atoms with Crippen molar-refractivity contribution in [3.05, 3.63) is 29.0 Å². The largest absolute Gasteiger partial charge is 0.488 e. The fraction of sp³-hybridized carbons (Fsp3) is 0.600. The highest BCUT2D eigenvalue weighted by molar-refractivity contribution is 7.99. The lowest BCUT2D eigenvalue weighted by molar-refractivity contribution is 0.165. The molecular weight excluding hydrogens is 297 g/mol. The average molecular weight is 318 g/mol. The van der Waals surface area contributed by atoms with Crippen LogP contribution in [0.25, 0.3) is 0 Å². The lowest BCUT2D eigenvalue weighted by Gasteiger charge is -2.25. The smallest absolute Gasteiger partial charge is 0.145 e. The van der Waals surface area contributed by atoms with E-state index in [2.05, 4.69) is 19.2 Å². The highest BCUT2D eigenvalue weighted by Crippen LogP contribution is 2.31. The third-order valence-electron chi connectivity index (χ3n) is 3.41. The zero-order valence-corrected chi connectivity index (χ0v) is 13.4. The maximum Gasteiger partial charge on any atom is 0.145 e. The van der Waals surface area contributed by atoms with Crippen LogP contribution in [0.3, 0.4) is 0 Å². The molecule has 1 N–H and O–H groups in total. The van der Waals surface area contributed by atoms with Gasteiger partial charge in [-0.25, -0.2) is 4.39 Å². The monoisotopic (exact) mass is 317 g/mol. The van der Waals surface area contributed by atoms with Crippen LogP contribution in [0.1, 0.15) is 20.3 Å². The molecule has 0 aliphatic carbocycles. The molecule has 0 saturated carbocycles. The van der Waals surface area contributed by atoms with Crippen LogP contribution in [0, 0.1) is 11.7 Å². The molecule has 20 heavy (non-hydrogen) atoms. The van der Waals surface area contributed by atoms with E-state index < -0.39 is 5.82 Å². The van der Waals surface area contributed by atoms with E-state index in [-0.39, 0.29) is 11.1 Å². The van der Waals surface area contributed by atoms with Crippen molar-refractivity contribution >= 4 is 23.4 Å². The maximum atomic E-state index is 13.5. The van der Waals surface area contributed by atoms with Gasteiger partial charge in [-0.15, -0.1) is 0 Å². The lowest BCUT2D eigenvalue weighted by atomic mass is 10.0. The van der Waals surface area contributed by atoms with Gasteiger partial charge in [0.1, 0.15) is 22.7 Å². The van der Waals surface area contributed by atoms with E-state index in [4.69, 9.17) is 16.3 Å². The van der Waals surface area contributed by atoms with Crippen LogP contribution >= 0.6 is 23.4 Å². The predicted octanol–water partition coefficient (Wildman–Crippen LogP) is 3.98. The fourth-order valence-electron chi connectivity index (χ4n) is 2.29. The van der Waals surface area contributed by atoms with E-state index in [1.807, 2.05) is 11.8 Å². The average Bonchev–Trinajstić information content (AvgIpc) is 2.93. The highest BCUT2D eigenvalue weighted by atomic mass is 35.5. The molecule has 0 radical (unpaired) electrons. The van der Waals surface area contributed by atoms with Crippen molar-refractivity contribution in [3.63, 3.8) is 0 Å². The molecule has 5 heteroatoms. The molecule has 0 amide bonds. The molecule has 1 unspecified atom stereocenters. The maximum absolute atomic E-state index is 13.5. The van der Waals surface area contributed by atoms with Crippen molar-refractivity contribution in [1.82, 2.24) is 5.32 Å². The topological polar surface area (TPSA) is 21.3 Å². The summed E-state index contributed by atoms with van der Waals surface area (Å²) in [5.74, 6) is 1.38. The number of rotatable bonds is 6. The third-order valence-corrected chi connectivity index (χ3v) is 4.97. The van der Waals surface area contributed by atoms with Crippen molar-refractivity contribution < 1.29 is 9.13 Å². The summed E-state index contributed by atoms with van der Waals surface area (Å²) in [6.45, 7) is 6.32. The SMILES string of the molecule is CC(C)SC[C@@H](Oc1cccc(F)c1Cl)C1CCNC1. The number of benzene rings is 1. The van der Waals surface area contributed by atoms with Crippen LogP contribution in [0.15, 0.2) is 18.2 Å². The lowest BCUT2D eigenvalue weighted by Crippen LogP contribution is -2.31. The molecule has 1 heterocycles. The molecule has 1 aromatic carbocycles. The van der Waals surface area contributed by atoms with Gasteiger partial charge in [0.25, 0.3) is 0 Å². The zero-order chi connectivity index (χ0) is 14.5. The second kappa shape index (κ2) is 7.53. The Morgan fingerprint density at radius 1 is 1.50 bits per heavy atom. The van der Waals surface area contributed by atoms with Gasteiger partial charge in [0.2, 0.25) is 0 Å². The van der Waals surface area contributed by atoms with Crippen LogP contribution in [0.2, 0.25) is 5.02 Å². The van der Waals surface area contributed by atoms with Gasteiger partial charge in [0.05, 0.1) is 0 Å². The fourth-order valence-corrected chi connectivity index (χ4v) is 3.37. The Balaban J connectivity index is 2.07. The molecule has 0 aromatic heterocycles. The van der Waals surface area contributed by atoms with Crippen LogP contribution in [0.5, 0.6) is 5.75 Å². The molecule has 1 aromatic rings. The first-order chi connectivity index (χ1) is 9.58. The molecule has 2 atom stereocenters. The first-order valence-electron chi connectivity index (χ1n) is 7.01. The normalized spacial score (nSPS) is 20.4. The summed E-state index contributed by atoms with van der Waals surface area (Å²) in [4.78, 5) is 0. The zero-order valence-electron chi connectivity index (χ0n) is 11.9. The van der Waals surface area contributed by atoms with Crippen molar-refractivity contribution in [2.75, 3.05) is 18.8 Å². The van der Waals surface area contributed by atoms with Crippen molar-refractivity contribution in [1.29, 1.82) is 0 Å². The minimum absolute atomic E-state index is 0.0664. The predicted molar refractivity (Wildman–Crippen MR) is 84.4 cm³/mol. The first kappa shape index (κ1) is 15.9.